The van der Waals surface area contributed by atoms with Crippen molar-refractivity contribution in [3.8, 4) is 0 Å². The van der Waals surface area contributed by atoms with Crippen LogP contribution in [0.1, 0.15) is 11.3 Å². The molecule has 0 aliphatic rings. The van der Waals surface area contributed by atoms with Crippen molar-refractivity contribution in [2.75, 3.05) is 5.32 Å². The lowest BCUT2D eigenvalue weighted by Gasteiger charge is -2.10. The molecule has 0 amide bonds. The highest BCUT2D eigenvalue weighted by Crippen LogP contribution is 2.29. The van der Waals surface area contributed by atoms with Gasteiger partial charge in [0.2, 0.25) is 5.28 Å². The molecule has 20 heavy (non-hydrogen) atoms. The van der Waals surface area contributed by atoms with Gasteiger partial charge in [-0.1, -0.05) is 34.1 Å². The van der Waals surface area contributed by atoms with Crippen LogP contribution in [0.15, 0.2) is 34.8 Å². The third-order valence-electron chi connectivity index (χ3n) is 2.41. The van der Waals surface area contributed by atoms with Crippen molar-refractivity contribution in [1.29, 1.82) is 0 Å². The van der Waals surface area contributed by atoms with Crippen LogP contribution in [0.2, 0.25) is 5.28 Å². The minimum Gasteiger partial charge on any atom is -0.366 e. The van der Waals surface area contributed by atoms with E-state index in [0.29, 0.717) is 6.54 Å². The van der Waals surface area contributed by atoms with Gasteiger partial charge in [-0.25, -0.2) is 9.97 Å². The van der Waals surface area contributed by atoms with Gasteiger partial charge in [-0.15, -0.1) is 0 Å². The van der Waals surface area contributed by atoms with E-state index in [-0.39, 0.29) is 5.82 Å². The molecule has 2 aromatic rings. The SMILES string of the molecule is FC(F)(F)c1cc(NCc2ccccc2Br)nc(Cl)n1. The van der Waals surface area contributed by atoms with Gasteiger partial charge in [-0.05, 0) is 23.2 Å². The molecule has 8 heteroatoms. The van der Waals surface area contributed by atoms with E-state index in [1.165, 1.54) is 0 Å². The summed E-state index contributed by atoms with van der Waals surface area (Å²) in [7, 11) is 0. The Morgan fingerprint density at radius 2 is 1.90 bits per heavy atom. The van der Waals surface area contributed by atoms with Crippen LogP contribution in [0.5, 0.6) is 0 Å². The minimum absolute atomic E-state index is 0.0214. The van der Waals surface area contributed by atoms with E-state index in [0.717, 1.165) is 16.1 Å². The number of nitrogens with one attached hydrogen (secondary N) is 1. The summed E-state index contributed by atoms with van der Waals surface area (Å²) in [5.74, 6) is 0.0214. The number of benzene rings is 1. The summed E-state index contributed by atoms with van der Waals surface area (Å²) >= 11 is 8.85. The van der Waals surface area contributed by atoms with Gasteiger partial charge in [0.1, 0.15) is 5.82 Å². The van der Waals surface area contributed by atoms with Gasteiger partial charge >= 0.3 is 6.18 Å². The average Bonchev–Trinajstić information content (AvgIpc) is 2.36. The van der Waals surface area contributed by atoms with Crippen LogP contribution in [-0.4, -0.2) is 9.97 Å². The Morgan fingerprint density at radius 3 is 2.55 bits per heavy atom. The van der Waals surface area contributed by atoms with Crippen LogP contribution in [0, 0.1) is 0 Å². The zero-order valence-corrected chi connectivity index (χ0v) is 12.2. The number of aromatic nitrogens is 2. The van der Waals surface area contributed by atoms with E-state index in [9.17, 15) is 13.2 Å². The molecule has 1 N–H and O–H groups in total. The maximum atomic E-state index is 12.6. The second-order valence-corrected chi connectivity index (χ2v) is 5.04. The highest BCUT2D eigenvalue weighted by Gasteiger charge is 2.33. The molecule has 0 spiro atoms. The van der Waals surface area contributed by atoms with E-state index in [2.05, 4.69) is 31.2 Å². The second kappa shape index (κ2) is 5.97. The number of rotatable bonds is 3. The Hall–Kier alpha value is -1.34. The number of anilines is 1. The lowest BCUT2D eigenvalue weighted by atomic mass is 10.2. The first-order valence-electron chi connectivity index (χ1n) is 5.45. The third-order valence-corrected chi connectivity index (χ3v) is 3.35. The molecule has 0 radical (unpaired) electrons. The van der Waals surface area contributed by atoms with Crippen molar-refractivity contribution in [1.82, 2.24) is 9.97 Å². The molecular formula is C12H8BrClF3N3. The predicted molar refractivity (Wildman–Crippen MR) is 73.5 cm³/mol. The Kier molecular flexibility index (Phi) is 4.49. The summed E-state index contributed by atoms with van der Waals surface area (Å²) < 4.78 is 38.6. The van der Waals surface area contributed by atoms with Crippen molar-refractivity contribution in [3.63, 3.8) is 0 Å². The van der Waals surface area contributed by atoms with Gasteiger partial charge in [0.15, 0.2) is 5.69 Å². The lowest BCUT2D eigenvalue weighted by Crippen LogP contribution is -2.11. The molecule has 0 atom stereocenters. The van der Waals surface area contributed by atoms with Crippen molar-refractivity contribution in [2.24, 2.45) is 0 Å². The molecule has 0 saturated carbocycles. The number of halogens is 5. The summed E-state index contributed by atoms with van der Waals surface area (Å²) in [5, 5.41) is 2.34. The molecule has 106 valence electrons. The first-order valence-corrected chi connectivity index (χ1v) is 6.62. The van der Waals surface area contributed by atoms with Gasteiger partial charge in [0.05, 0.1) is 0 Å². The van der Waals surface area contributed by atoms with Gasteiger partial charge in [-0.2, -0.15) is 13.2 Å². The fraction of sp³-hybridized carbons (Fsp3) is 0.167. The van der Waals surface area contributed by atoms with Gasteiger partial charge in [-0.3, -0.25) is 0 Å². The van der Waals surface area contributed by atoms with Crippen LogP contribution in [0.25, 0.3) is 0 Å². The number of hydrogen-bond donors (Lipinski definition) is 1. The van der Waals surface area contributed by atoms with Crippen molar-refractivity contribution < 1.29 is 13.2 Å². The van der Waals surface area contributed by atoms with Crippen LogP contribution < -0.4 is 5.32 Å². The molecule has 1 aromatic heterocycles. The van der Waals surface area contributed by atoms with Gasteiger partial charge < -0.3 is 5.32 Å². The molecule has 0 saturated heterocycles. The third kappa shape index (κ3) is 3.83. The zero-order valence-electron chi connectivity index (χ0n) is 9.88. The topological polar surface area (TPSA) is 37.8 Å². The van der Waals surface area contributed by atoms with E-state index >= 15 is 0 Å². The first-order chi connectivity index (χ1) is 9.36. The maximum absolute atomic E-state index is 12.6. The first kappa shape index (κ1) is 15.1. The van der Waals surface area contributed by atoms with Gasteiger partial charge in [0, 0.05) is 17.1 Å². The number of alkyl halides is 3. The van der Waals surface area contributed by atoms with Crippen LogP contribution >= 0.6 is 27.5 Å². The standard InChI is InChI=1S/C12H8BrClF3N3/c13-8-4-2-1-3-7(8)6-18-10-5-9(12(15,16)17)19-11(14)20-10/h1-5H,6H2,(H,18,19,20). The van der Waals surface area contributed by atoms with Crippen LogP contribution in [0.3, 0.4) is 0 Å². The molecule has 1 aromatic carbocycles. The highest BCUT2D eigenvalue weighted by molar-refractivity contribution is 9.10. The molecular weight excluding hydrogens is 359 g/mol. The maximum Gasteiger partial charge on any atom is 0.433 e. The zero-order chi connectivity index (χ0) is 14.8. The molecule has 3 nitrogen and oxygen atoms in total. The molecule has 1 heterocycles. The summed E-state index contributed by atoms with van der Waals surface area (Å²) in [5.41, 5.74) is -0.192. The van der Waals surface area contributed by atoms with Crippen molar-refractivity contribution in [2.45, 2.75) is 12.7 Å². The summed E-state index contributed by atoms with van der Waals surface area (Å²) in [6, 6.07) is 8.17. The molecule has 0 aliphatic carbocycles. The van der Waals surface area contributed by atoms with Crippen molar-refractivity contribution >= 4 is 33.3 Å². The number of nitrogens with zero attached hydrogens (tertiary/aromatic N) is 2. The minimum atomic E-state index is -4.56. The Balaban J connectivity index is 2.18. The fourth-order valence-corrected chi connectivity index (χ4v) is 2.09. The van der Waals surface area contributed by atoms with Gasteiger partial charge in [0.25, 0.3) is 0 Å². The van der Waals surface area contributed by atoms with Crippen LogP contribution in [0.4, 0.5) is 19.0 Å². The normalized spacial score (nSPS) is 11.4. The highest BCUT2D eigenvalue weighted by atomic mass is 79.9. The van der Waals surface area contributed by atoms with Crippen LogP contribution in [-0.2, 0) is 12.7 Å². The van der Waals surface area contributed by atoms with E-state index in [1.54, 1.807) is 0 Å². The summed E-state index contributed by atoms with van der Waals surface area (Å²) in [6.45, 7) is 0.312. The quantitative estimate of drug-likeness (QED) is 0.812. The molecule has 0 unspecified atom stereocenters. The molecule has 0 fully saturated rings. The van der Waals surface area contributed by atoms with Crippen molar-refractivity contribution in [3.05, 3.63) is 51.3 Å². The fourth-order valence-electron chi connectivity index (χ4n) is 1.48. The predicted octanol–water partition coefficient (Wildman–Crippen LogP) is 4.52. The van der Waals surface area contributed by atoms with E-state index < -0.39 is 17.2 Å². The lowest BCUT2D eigenvalue weighted by molar-refractivity contribution is -0.141. The molecule has 0 aliphatic heterocycles. The summed E-state index contributed by atoms with van der Waals surface area (Å²) in [6.07, 6.45) is -4.56. The smallest absolute Gasteiger partial charge is 0.366 e. The Bertz CT molecular complexity index is 619. The number of hydrogen-bond acceptors (Lipinski definition) is 3. The second-order valence-electron chi connectivity index (χ2n) is 3.85. The molecule has 0 bridgehead atoms. The Morgan fingerprint density at radius 1 is 1.20 bits per heavy atom. The summed E-state index contributed by atoms with van der Waals surface area (Å²) in [4.78, 5) is 6.88. The van der Waals surface area contributed by atoms with E-state index in [1.807, 2.05) is 24.3 Å². The molecule has 2 rings (SSSR count). The largest absolute Gasteiger partial charge is 0.433 e. The average molecular weight is 367 g/mol. The van der Waals surface area contributed by atoms with E-state index in [4.69, 9.17) is 11.6 Å². The monoisotopic (exact) mass is 365 g/mol. The Labute approximate surface area is 126 Å².